The molecule has 1 aliphatic rings. The maximum absolute atomic E-state index is 12.2. The molecule has 1 heterocycles. The van der Waals surface area contributed by atoms with Crippen molar-refractivity contribution in [1.29, 1.82) is 0 Å². The third-order valence-electron chi connectivity index (χ3n) is 3.50. The Balaban J connectivity index is 2.06. The van der Waals surface area contributed by atoms with Crippen LogP contribution in [0.1, 0.15) is 30.1 Å². The van der Waals surface area contributed by atoms with Crippen LogP contribution >= 0.6 is 0 Å². The SMILES string of the molecule is C=CC[C@]1(C)CCN(C(=O)c2ccccc2)C1. The maximum Gasteiger partial charge on any atom is 0.253 e. The van der Waals surface area contributed by atoms with Crippen LogP contribution in [-0.4, -0.2) is 23.9 Å². The lowest BCUT2D eigenvalue weighted by atomic mass is 9.86. The molecule has 1 atom stereocenters. The zero-order valence-electron chi connectivity index (χ0n) is 10.4. The minimum Gasteiger partial charge on any atom is -0.338 e. The van der Waals surface area contributed by atoms with Crippen molar-refractivity contribution in [3.8, 4) is 0 Å². The molecular weight excluding hydrogens is 210 g/mol. The van der Waals surface area contributed by atoms with Gasteiger partial charge in [-0.25, -0.2) is 0 Å². The van der Waals surface area contributed by atoms with Crippen LogP contribution in [0, 0.1) is 5.41 Å². The fourth-order valence-electron chi connectivity index (χ4n) is 2.48. The first-order chi connectivity index (χ1) is 8.14. The van der Waals surface area contributed by atoms with E-state index in [2.05, 4.69) is 13.5 Å². The van der Waals surface area contributed by atoms with Gasteiger partial charge in [0.2, 0.25) is 0 Å². The molecule has 1 aliphatic heterocycles. The molecular formula is C15H19NO. The van der Waals surface area contributed by atoms with E-state index in [0.29, 0.717) is 0 Å². The van der Waals surface area contributed by atoms with Crippen molar-refractivity contribution in [1.82, 2.24) is 4.90 Å². The largest absolute Gasteiger partial charge is 0.338 e. The Bertz CT molecular complexity index is 412. The molecule has 0 saturated carbocycles. The Kier molecular flexibility index (Phi) is 3.32. The van der Waals surface area contributed by atoms with Crippen LogP contribution < -0.4 is 0 Å². The van der Waals surface area contributed by atoms with Gasteiger partial charge < -0.3 is 4.90 Å². The summed E-state index contributed by atoms with van der Waals surface area (Å²) in [6, 6.07) is 9.51. The van der Waals surface area contributed by atoms with Crippen molar-refractivity contribution < 1.29 is 4.79 Å². The van der Waals surface area contributed by atoms with E-state index in [1.54, 1.807) is 0 Å². The molecule has 90 valence electrons. The van der Waals surface area contributed by atoms with E-state index in [0.717, 1.165) is 31.5 Å². The Hall–Kier alpha value is -1.57. The standard InChI is InChI=1S/C15H19NO/c1-3-9-15(2)10-11-16(12-15)14(17)13-7-5-4-6-8-13/h3-8H,1,9-12H2,2H3/t15-/m1/s1. The number of amides is 1. The molecule has 0 N–H and O–H groups in total. The number of nitrogens with zero attached hydrogens (tertiary/aromatic N) is 1. The minimum absolute atomic E-state index is 0.151. The predicted octanol–water partition coefficient (Wildman–Crippen LogP) is 3.11. The van der Waals surface area contributed by atoms with Crippen molar-refractivity contribution in [3.05, 3.63) is 48.6 Å². The first-order valence-electron chi connectivity index (χ1n) is 6.10. The highest BCUT2D eigenvalue weighted by Crippen LogP contribution is 2.34. The van der Waals surface area contributed by atoms with Gasteiger partial charge in [0.05, 0.1) is 0 Å². The second-order valence-corrected chi connectivity index (χ2v) is 5.15. The van der Waals surface area contributed by atoms with Gasteiger partial charge in [0.15, 0.2) is 0 Å². The molecule has 1 saturated heterocycles. The average molecular weight is 229 g/mol. The smallest absolute Gasteiger partial charge is 0.253 e. The molecule has 0 spiro atoms. The van der Waals surface area contributed by atoms with Gasteiger partial charge in [0.1, 0.15) is 0 Å². The number of rotatable bonds is 3. The van der Waals surface area contributed by atoms with E-state index in [9.17, 15) is 4.79 Å². The second kappa shape index (κ2) is 4.74. The summed E-state index contributed by atoms with van der Waals surface area (Å²) in [5, 5.41) is 0. The molecule has 2 nitrogen and oxygen atoms in total. The van der Waals surface area contributed by atoms with Crippen molar-refractivity contribution in [3.63, 3.8) is 0 Å². The van der Waals surface area contributed by atoms with E-state index in [1.807, 2.05) is 41.3 Å². The number of carbonyl (C=O) groups is 1. The van der Waals surface area contributed by atoms with Gasteiger partial charge in [-0.1, -0.05) is 31.2 Å². The number of hydrogen-bond acceptors (Lipinski definition) is 1. The van der Waals surface area contributed by atoms with Crippen molar-refractivity contribution in [2.24, 2.45) is 5.41 Å². The Morgan fingerprint density at radius 2 is 2.18 bits per heavy atom. The molecule has 2 rings (SSSR count). The molecule has 1 aromatic carbocycles. The molecule has 2 heteroatoms. The van der Waals surface area contributed by atoms with Gasteiger partial charge in [0.25, 0.3) is 5.91 Å². The summed E-state index contributed by atoms with van der Waals surface area (Å²) in [5.41, 5.74) is 1.00. The topological polar surface area (TPSA) is 20.3 Å². The van der Waals surface area contributed by atoms with Crippen molar-refractivity contribution in [2.75, 3.05) is 13.1 Å². The van der Waals surface area contributed by atoms with Gasteiger partial charge >= 0.3 is 0 Å². The Morgan fingerprint density at radius 1 is 1.47 bits per heavy atom. The number of hydrogen-bond donors (Lipinski definition) is 0. The highest BCUT2D eigenvalue weighted by atomic mass is 16.2. The molecule has 0 radical (unpaired) electrons. The number of allylic oxidation sites excluding steroid dienone is 1. The third-order valence-corrected chi connectivity index (χ3v) is 3.50. The molecule has 1 aromatic rings. The van der Waals surface area contributed by atoms with Crippen LogP contribution in [-0.2, 0) is 0 Å². The normalized spacial score (nSPS) is 23.7. The van der Waals surface area contributed by atoms with Gasteiger partial charge in [-0.3, -0.25) is 4.79 Å². The molecule has 0 aromatic heterocycles. The second-order valence-electron chi connectivity index (χ2n) is 5.15. The molecule has 1 fully saturated rings. The fourth-order valence-corrected chi connectivity index (χ4v) is 2.48. The van der Waals surface area contributed by atoms with Crippen LogP contribution in [0.5, 0.6) is 0 Å². The molecule has 0 bridgehead atoms. The number of likely N-dealkylation sites (tertiary alicyclic amines) is 1. The predicted molar refractivity (Wildman–Crippen MR) is 69.9 cm³/mol. The summed E-state index contributed by atoms with van der Waals surface area (Å²) in [6.07, 6.45) is 4.00. The summed E-state index contributed by atoms with van der Waals surface area (Å²) < 4.78 is 0. The molecule has 0 unspecified atom stereocenters. The van der Waals surface area contributed by atoms with Crippen LogP contribution in [0.25, 0.3) is 0 Å². The molecule has 0 aliphatic carbocycles. The third kappa shape index (κ3) is 2.57. The molecule has 1 amide bonds. The van der Waals surface area contributed by atoms with E-state index >= 15 is 0 Å². The average Bonchev–Trinajstić information content (AvgIpc) is 2.72. The highest BCUT2D eigenvalue weighted by molar-refractivity contribution is 5.94. The quantitative estimate of drug-likeness (QED) is 0.729. The van der Waals surface area contributed by atoms with Crippen LogP contribution in [0.3, 0.4) is 0 Å². The van der Waals surface area contributed by atoms with Gasteiger partial charge in [-0.15, -0.1) is 6.58 Å². The van der Waals surface area contributed by atoms with E-state index in [4.69, 9.17) is 0 Å². The molecule has 17 heavy (non-hydrogen) atoms. The summed E-state index contributed by atoms with van der Waals surface area (Å²) >= 11 is 0. The lowest BCUT2D eigenvalue weighted by Gasteiger charge is -2.23. The summed E-state index contributed by atoms with van der Waals surface area (Å²) in [4.78, 5) is 14.2. The first-order valence-corrected chi connectivity index (χ1v) is 6.10. The van der Waals surface area contributed by atoms with Gasteiger partial charge in [-0.2, -0.15) is 0 Å². The van der Waals surface area contributed by atoms with Crippen LogP contribution in [0.2, 0.25) is 0 Å². The first kappa shape index (κ1) is 11.9. The Labute approximate surface area is 103 Å². The monoisotopic (exact) mass is 229 g/mol. The van der Waals surface area contributed by atoms with Crippen molar-refractivity contribution >= 4 is 5.91 Å². The zero-order chi connectivity index (χ0) is 12.3. The van der Waals surface area contributed by atoms with E-state index in [-0.39, 0.29) is 11.3 Å². The Morgan fingerprint density at radius 3 is 2.82 bits per heavy atom. The summed E-state index contributed by atoms with van der Waals surface area (Å²) in [5.74, 6) is 0.151. The van der Waals surface area contributed by atoms with Gasteiger partial charge in [-0.05, 0) is 30.4 Å². The van der Waals surface area contributed by atoms with Crippen LogP contribution in [0.4, 0.5) is 0 Å². The van der Waals surface area contributed by atoms with E-state index in [1.165, 1.54) is 0 Å². The van der Waals surface area contributed by atoms with Crippen molar-refractivity contribution in [2.45, 2.75) is 19.8 Å². The van der Waals surface area contributed by atoms with E-state index < -0.39 is 0 Å². The lowest BCUT2D eigenvalue weighted by Crippen LogP contribution is -2.30. The fraction of sp³-hybridized carbons (Fsp3) is 0.400. The number of carbonyl (C=O) groups excluding carboxylic acids is 1. The van der Waals surface area contributed by atoms with Gasteiger partial charge in [0, 0.05) is 18.7 Å². The summed E-state index contributed by atoms with van der Waals surface area (Å²) in [6.45, 7) is 7.72. The zero-order valence-corrected chi connectivity index (χ0v) is 10.4. The maximum atomic E-state index is 12.2. The number of benzene rings is 1. The van der Waals surface area contributed by atoms with Crippen LogP contribution in [0.15, 0.2) is 43.0 Å². The lowest BCUT2D eigenvalue weighted by molar-refractivity contribution is 0.0776. The highest BCUT2D eigenvalue weighted by Gasteiger charge is 2.35. The summed E-state index contributed by atoms with van der Waals surface area (Å²) in [7, 11) is 0. The minimum atomic E-state index is 0.151.